The number of halogens is 2. The van der Waals surface area contributed by atoms with Crippen LogP contribution >= 0.6 is 0 Å². The molecule has 2 aliphatic heterocycles. The van der Waals surface area contributed by atoms with Crippen molar-refractivity contribution in [3.63, 3.8) is 0 Å². The number of hydrogen-bond donors (Lipinski definition) is 0. The summed E-state index contributed by atoms with van der Waals surface area (Å²) in [5, 5.41) is 8.13. The number of hydrogen-bond acceptors (Lipinski definition) is 4. The van der Waals surface area contributed by atoms with Gasteiger partial charge in [-0.25, -0.2) is 8.78 Å². The van der Waals surface area contributed by atoms with Crippen molar-refractivity contribution in [1.82, 2.24) is 9.80 Å². The second kappa shape index (κ2) is 8.13. The van der Waals surface area contributed by atoms with E-state index in [2.05, 4.69) is 21.0 Å². The Morgan fingerprint density at radius 3 is 2.81 bits per heavy atom. The zero-order chi connectivity index (χ0) is 19.4. The Kier molecular flexibility index (Phi) is 5.85. The molecule has 3 rings (SSSR count). The first kappa shape index (κ1) is 19.4. The summed E-state index contributed by atoms with van der Waals surface area (Å²) >= 11 is 0. The van der Waals surface area contributed by atoms with E-state index in [-0.39, 0.29) is 11.9 Å². The molecule has 2 heterocycles. The lowest BCUT2D eigenvalue weighted by Gasteiger charge is -2.25. The second-order valence-corrected chi connectivity index (χ2v) is 7.33. The van der Waals surface area contributed by atoms with Crippen molar-refractivity contribution in [2.75, 3.05) is 20.1 Å². The van der Waals surface area contributed by atoms with E-state index in [1.54, 1.807) is 6.07 Å². The minimum absolute atomic E-state index is 0.108. The summed E-state index contributed by atoms with van der Waals surface area (Å²) in [4.78, 5) is 16.4. The predicted molar refractivity (Wildman–Crippen MR) is 97.7 cm³/mol. The van der Waals surface area contributed by atoms with Gasteiger partial charge in [-0.05, 0) is 31.2 Å². The van der Waals surface area contributed by atoms with Crippen molar-refractivity contribution < 1.29 is 13.6 Å². The fraction of sp³-hybridized carbons (Fsp3) is 0.550. The van der Waals surface area contributed by atoms with Gasteiger partial charge in [-0.3, -0.25) is 9.69 Å². The molecule has 0 aromatic heterocycles. The predicted octanol–water partition coefficient (Wildman–Crippen LogP) is 3.35. The molecule has 0 N–H and O–H groups in total. The zero-order valence-corrected chi connectivity index (χ0v) is 15.5. The highest BCUT2D eigenvalue weighted by Gasteiger charge is 2.40. The fourth-order valence-corrected chi connectivity index (χ4v) is 3.52. The van der Waals surface area contributed by atoms with Gasteiger partial charge in [0, 0.05) is 51.4 Å². The lowest BCUT2D eigenvalue weighted by Crippen LogP contribution is -2.36. The first-order valence-corrected chi connectivity index (χ1v) is 9.22. The van der Waals surface area contributed by atoms with E-state index in [9.17, 15) is 13.6 Å². The van der Waals surface area contributed by atoms with E-state index in [1.165, 1.54) is 6.07 Å². The maximum absolute atomic E-state index is 13.4. The molecule has 7 heteroatoms. The van der Waals surface area contributed by atoms with Crippen molar-refractivity contribution in [3.05, 3.63) is 35.4 Å². The summed E-state index contributed by atoms with van der Waals surface area (Å²) in [6.45, 7) is 1.86. The summed E-state index contributed by atoms with van der Waals surface area (Å²) in [6.07, 6.45) is 8.49. The largest absolute Gasteiger partial charge is 0.341 e. The van der Waals surface area contributed by atoms with E-state index in [0.717, 1.165) is 12.5 Å². The van der Waals surface area contributed by atoms with Gasteiger partial charge in [0.05, 0.1) is 0 Å². The third-order valence-corrected chi connectivity index (χ3v) is 5.35. The molecule has 1 unspecified atom stereocenters. The number of nitrogens with zero attached hydrogens (tertiary/aromatic N) is 4. The molecule has 2 aliphatic rings. The van der Waals surface area contributed by atoms with Crippen LogP contribution in [0.5, 0.6) is 0 Å². The monoisotopic (exact) mass is 374 g/mol. The zero-order valence-electron chi connectivity index (χ0n) is 15.5. The molecule has 1 amide bonds. The highest BCUT2D eigenvalue weighted by molar-refractivity contribution is 5.76. The maximum Gasteiger partial charge on any atom is 0.222 e. The number of likely N-dealkylation sites (N-methyl/N-ethyl adjacent to an activating group) is 1. The third-order valence-electron chi connectivity index (χ3n) is 5.35. The Morgan fingerprint density at radius 2 is 2.15 bits per heavy atom. The quantitative estimate of drug-likeness (QED) is 0.655. The Bertz CT molecular complexity index is 768. The molecule has 5 nitrogen and oxygen atoms in total. The highest BCUT2D eigenvalue weighted by Crippen LogP contribution is 2.37. The van der Waals surface area contributed by atoms with Crippen LogP contribution in [0.1, 0.15) is 37.7 Å². The van der Waals surface area contributed by atoms with Gasteiger partial charge >= 0.3 is 0 Å². The molecular weight excluding hydrogens is 350 g/mol. The van der Waals surface area contributed by atoms with Gasteiger partial charge in [0.15, 0.2) is 17.3 Å². The Hall–Kier alpha value is -2.33. The van der Waals surface area contributed by atoms with Crippen LogP contribution < -0.4 is 0 Å². The molecule has 0 radical (unpaired) electrons. The Morgan fingerprint density at radius 1 is 1.37 bits per heavy atom. The first-order chi connectivity index (χ1) is 12.9. The lowest BCUT2D eigenvalue weighted by atomic mass is 10.0. The summed E-state index contributed by atoms with van der Waals surface area (Å²) in [5.74, 6) is 1.02. The van der Waals surface area contributed by atoms with Gasteiger partial charge in [0.1, 0.15) is 0 Å². The van der Waals surface area contributed by atoms with Crippen LogP contribution in [0.25, 0.3) is 0 Å². The molecule has 1 fully saturated rings. The summed E-state index contributed by atoms with van der Waals surface area (Å²) < 4.78 is 26.4. The van der Waals surface area contributed by atoms with E-state index < -0.39 is 17.3 Å². The molecule has 0 saturated carbocycles. The number of terminal acetylenes is 1. The van der Waals surface area contributed by atoms with Gasteiger partial charge in [-0.2, -0.15) is 10.2 Å². The van der Waals surface area contributed by atoms with Gasteiger partial charge in [-0.15, -0.1) is 12.3 Å². The van der Waals surface area contributed by atoms with E-state index >= 15 is 0 Å². The third kappa shape index (κ3) is 4.89. The molecular formula is C20H24F2N4O. The van der Waals surface area contributed by atoms with Crippen LogP contribution in [-0.2, 0) is 11.3 Å². The van der Waals surface area contributed by atoms with Crippen LogP contribution in [0, 0.1) is 24.0 Å². The molecule has 27 heavy (non-hydrogen) atoms. The molecule has 1 aromatic rings. The standard InChI is InChI=1S/C20H24F2N4O/c1-3-4-9-20(23-24-20)10-7-19(27)26-11-8-16(14-26)25(2)13-15-5-6-17(21)18(22)12-15/h1,5-6,12,16H,4,7-11,13-14H2,2H3. The van der Waals surface area contributed by atoms with Gasteiger partial charge in [-0.1, -0.05) is 6.07 Å². The first-order valence-electron chi connectivity index (χ1n) is 9.22. The average molecular weight is 374 g/mol. The van der Waals surface area contributed by atoms with Crippen LogP contribution in [0.15, 0.2) is 28.4 Å². The van der Waals surface area contributed by atoms with Gasteiger partial charge in [0.25, 0.3) is 0 Å². The normalized spacial score (nSPS) is 20.1. The molecule has 1 aromatic carbocycles. The fourth-order valence-electron chi connectivity index (χ4n) is 3.52. The van der Waals surface area contributed by atoms with Crippen molar-refractivity contribution in [2.45, 2.75) is 50.4 Å². The molecule has 1 atom stereocenters. The number of amides is 1. The molecule has 0 spiro atoms. The smallest absolute Gasteiger partial charge is 0.222 e. The minimum Gasteiger partial charge on any atom is -0.341 e. The number of likely N-dealkylation sites (tertiary alicyclic amines) is 1. The molecule has 144 valence electrons. The molecule has 0 aliphatic carbocycles. The summed E-state index contributed by atoms with van der Waals surface area (Å²) in [7, 11) is 1.94. The van der Waals surface area contributed by atoms with E-state index in [1.807, 2.05) is 11.9 Å². The number of rotatable bonds is 8. The Labute approximate surface area is 158 Å². The van der Waals surface area contributed by atoms with Crippen LogP contribution in [0.3, 0.4) is 0 Å². The van der Waals surface area contributed by atoms with Gasteiger partial charge in [0.2, 0.25) is 5.91 Å². The SMILES string of the molecule is C#CCCC1(CCC(=O)N2CCC(N(C)Cc3ccc(F)c(F)c3)C2)N=N1. The van der Waals surface area contributed by atoms with Crippen molar-refractivity contribution in [3.8, 4) is 12.3 Å². The summed E-state index contributed by atoms with van der Waals surface area (Å²) in [5.41, 5.74) is 0.290. The number of carbonyl (C=O) groups is 1. The van der Waals surface area contributed by atoms with Gasteiger partial charge < -0.3 is 4.90 Å². The van der Waals surface area contributed by atoms with Crippen LogP contribution in [-0.4, -0.2) is 47.5 Å². The topological polar surface area (TPSA) is 48.3 Å². The molecule has 1 saturated heterocycles. The summed E-state index contributed by atoms with van der Waals surface area (Å²) in [6, 6.07) is 4.16. The number of benzene rings is 1. The van der Waals surface area contributed by atoms with E-state index in [4.69, 9.17) is 6.42 Å². The molecule has 0 bridgehead atoms. The van der Waals surface area contributed by atoms with Crippen LogP contribution in [0.4, 0.5) is 8.78 Å². The average Bonchev–Trinajstić information content (AvgIpc) is 3.24. The minimum atomic E-state index is -0.840. The Balaban J connectivity index is 1.45. The van der Waals surface area contributed by atoms with Crippen LogP contribution in [0.2, 0.25) is 0 Å². The van der Waals surface area contributed by atoms with E-state index in [0.29, 0.717) is 50.9 Å². The van der Waals surface area contributed by atoms with Crippen molar-refractivity contribution >= 4 is 5.91 Å². The number of carbonyl (C=O) groups excluding carboxylic acids is 1. The highest BCUT2D eigenvalue weighted by atomic mass is 19.2. The maximum atomic E-state index is 13.4. The van der Waals surface area contributed by atoms with Crippen molar-refractivity contribution in [2.24, 2.45) is 10.2 Å². The van der Waals surface area contributed by atoms with Crippen molar-refractivity contribution in [1.29, 1.82) is 0 Å². The second-order valence-electron chi connectivity index (χ2n) is 7.33. The lowest BCUT2D eigenvalue weighted by molar-refractivity contribution is -0.130.